The number of hydrogen-bond acceptors (Lipinski definition) is 16. The highest BCUT2D eigenvalue weighted by Crippen LogP contribution is 2.53. The van der Waals surface area contributed by atoms with Gasteiger partial charge in [-0.25, -0.2) is 9.97 Å². The molecule has 0 aliphatic carbocycles. The van der Waals surface area contributed by atoms with Gasteiger partial charge in [0.2, 0.25) is 21.1 Å². The molecule has 4 aromatic heterocycles. The first-order valence-corrected chi connectivity index (χ1v) is 17.5. The largest absolute Gasteiger partial charge is 0.387 e. The molecule has 3 saturated heterocycles. The molecule has 230 valence electrons. The lowest BCUT2D eigenvalue weighted by atomic mass is 10.1. The standard InChI is InChI=1S/C22H26N8O9P2S2/c23-16-8-1-3-29(17(8)26-7-25-16)20-13(32)14-11(37-20)6-35-41(43)39-15-12(31)10(5-34-40(42)38-14)36-21(15)30-4-2-9-18(30)27-22(24)28-19(9)33/h1-4,7,10-15,20-21,31-32,42-43H,5-6H2,(H2,23,25,26)(H3,24,27,28,33)/t10-,11-,12?,13?,14?,15?,20-,21-,40?,41?/m1/s1. The number of anilines is 2. The summed E-state index contributed by atoms with van der Waals surface area (Å²) in [5.41, 5.74) is 12.0. The van der Waals surface area contributed by atoms with Crippen molar-refractivity contribution in [1.82, 2.24) is 29.1 Å². The van der Waals surface area contributed by atoms with Crippen LogP contribution in [0.15, 0.2) is 35.6 Å². The quantitative estimate of drug-likeness (QED) is 0.116. The van der Waals surface area contributed by atoms with Crippen LogP contribution < -0.4 is 17.0 Å². The Morgan fingerprint density at radius 1 is 0.884 bits per heavy atom. The third-order valence-electron chi connectivity index (χ3n) is 7.43. The summed E-state index contributed by atoms with van der Waals surface area (Å²) in [6, 6.07) is 3.29. The summed E-state index contributed by atoms with van der Waals surface area (Å²) in [4.78, 5) is 27.4. The first-order chi connectivity index (χ1) is 20.7. The summed E-state index contributed by atoms with van der Waals surface area (Å²) in [6.07, 6.45) is -3.21. The summed E-state index contributed by atoms with van der Waals surface area (Å²) in [5.74, 6) is 0.211. The predicted molar refractivity (Wildman–Crippen MR) is 160 cm³/mol. The molecule has 6 unspecified atom stereocenters. The zero-order chi connectivity index (χ0) is 30.0. The van der Waals surface area contributed by atoms with Crippen molar-refractivity contribution in [2.24, 2.45) is 0 Å². The number of fused-ring (bicyclic) bond motifs is 5. The average molecular weight is 673 g/mol. The lowest BCUT2D eigenvalue weighted by Crippen LogP contribution is -2.35. The Hall–Kier alpha value is -2.12. The number of H-pyrrole nitrogens is 1. The first kappa shape index (κ1) is 29.6. The first-order valence-electron chi connectivity index (χ1n) is 12.9. The van der Waals surface area contributed by atoms with Crippen LogP contribution in [0.4, 0.5) is 11.8 Å². The van der Waals surface area contributed by atoms with Gasteiger partial charge in [0.1, 0.15) is 54.4 Å². The van der Waals surface area contributed by atoms with Crippen molar-refractivity contribution in [2.75, 3.05) is 24.7 Å². The lowest BCUT2D eigenvalue weighted by molar-refractivity contribution is -0.0534. The number of nitrogens with two attached hydrogens (primary N) is 2. The number of aromatic amines is 1. The summed E-state index contributed by atoms with van der Waals surface area (Å²) < 4.78 is 39.4. The maximum absolute atomic E-state index is 12.4. The number of rotatable bonds is 2. The maximum atomic E-state index is 12.4. The normalized spacial score (nSPS) is 35.4. The molecule has 17 nitrogen and oxygen atoms in total. The minimum Gasteiger partial charge on any atom is -0.387 e. The van der Waals surface area contributed by atoms with E-state index in [0.29, 0.717) is 16.9 Å². The number of ether oxygens (including phenoxy) is 2. The molecule has 4 aromatic rings. The molecule has 3 aliphatic heterocycles. The number of nitrogens with zero attached hydrogens (tertiary/aromatic N) is 5. The van der Waals surface area contributed by atoms with Crippen molar-refractivity contribution in [2.45, 2.75) is 49.1 Å². The zero-order valence-electron chi connectivity index (χ0n) is 21.9. The number of hydrogen-bond donors (Lipinski definition) is 7. The van der Waals surface area contributed by atoms with E-state index in [-0.39, 0.29) is 30.2 Å². The van der Waals surface area contributed by atoms with E-state index in [1.165, 1.54) is 6.33 Å². The van der Waals surface area contributed by atoms with Gasteiger partial charge in [0, 0.05) is 12.4 Å². The molecule has 0 amide bonds. The van der Waals surface area contributed by atoms with Crippen molar-refractivity contribution < 1.29 is 37.8 Å². The highest BCUT2D eigenvalue weighted by atomic mass is 32.7. The smallest absolute Gasteiger partial charge is 0.261 e. The Balaban J connectivity index is 1.15. The lowest BCUT2D eigenvalue weighted by Gasteiger charge is -2.26. The highest BCUT2D eigenvalue weighted by molar-refractivity contribution is 8.42. The minimum absolute atomic E-state index is 0.0800. The third kappa shape index (κ3) is 5.30. The van der Waals surface area contributed by atoms with Gasteiger partial charge in [-0.1, -0.05) is 24.5 Å². The fraction of sp³-hybridized carbons (Fsp3) is 0.455. The molecule has 7 rings (SSSR count). The van der Waals surface area contributed by atoms with Crippen molar-refractivity contribution in [3.05, 3.63) is 41.2 Å². The minimum atomic E-state index is -1.93. The van der Waals surface area contributed by atoms with Gasteiger partial charge in [-0.15, -0.1) is 0 Å². The number of nitrogens with one attached hydrogen (secondary N) is 1. The van der Waals surface area contributed by atoms with Crippen LogP contribution in [0.5, 0.6) is 0 Å². The molecule has 21 heteroatoms. The van der Waals surface area contributed by atoms with Gasteiger partial charge < -0.3 is 58.4 Å². The van der Waals surface area contributed by atoms with Gasteiger partial charge in [-0.2, -0.15) is 4.98 Å². The van der Waals surface area contributed by atoms with Crippen molar-refractivity contribution in [3.8, 4) is 0 Å². The van der Waals surface area contributed by atoms with Crippen molar-refractivity contribution in [3.63, 3.8) is 0 Å². The second-order valence-electron chi connectivity index (χ2n) is 9.95. The fourth-order valence-corrected chi connectivity index (χ4v) is 8.04. The van der Waals surface area contributed by atoms with Crippen molar-refractivity contribution in [1.29, 1.82) is 0 Å². The van der Waals surface area contributed by atoms with Gasteiger partial charge in [0.25, 0.3) is 5.56 Å². The Kier molecular flexibility index (Phi) is 8.03. The molecule has 7 N–H and O–H groups in total. The second kappa shape index (κ2) is 11.7. The number of thiol groups is 2. The molecular weight excluding hydrogens is 646 g/mol. The SMILES string of the molecule is Nc1nc2c(ccn2[C@@H]2O[C@@H]3COP(S)OC4C(O)[C@H](n5ccc6c(N)ncnc65)O[C@@H]4COP(S)OC2C3O)c(=O)[nH]1. The van der Waals surface area contributed by atoms with Gasteiger partial charge in [0.15, 0.2) is 18.1 Å². The monoisotopic (exact) mass is 672 g/mol. The van der Waals surface area contributed by atoms with E-state index < -0.39 is 69.8 Å². The summed E-state index contributed by atoms with van der Waals surface area (Å²) in [7, 11) is -3.82. The second-order valence-corrected chi connectivity index (χ2v) is 13.8. The van der Waals surface area contributed by atoms with Crippen LogP contribution in [-0.2, 0) is 27.6 Å². The van der Waals surface area contributed by atoms with E-state index in [0.717, 1.165) is 0 Å². The molecule has 0 saturated carbocycles. The van der Waals surface area contributed by atoms with E-state index in [9.17, 15) is 15.0 Å². The third-order valence-corrected chi connectivity index (χ3v) is 10.3. The molecule has 0 radical (unpaired) electrons. The highest BCUT2D eigenvalue weighted by Gasteiger charge is 2.50. The van der Waals surface area contributed by atoms with Crippen LogP contribution in [0.1, 0.15) is 12.5 Å². The van der Waals surface area contributed by atoms with Crippen molar-refractivity contribution >= 4 is 73.5 Å². The Morgan fingerprint density at radius 2 is 1.53 bits per heavy atom. The molecule has 7 heterocycles. The molecule has 0 spiro atoms. The number of aliphatic hydroxyl groups is 2. The van der Waals surface area contributed by atoms with Crippen LogP contribution in [0.3, 0.4) is 0 Å². The van der Waals surface area contributed by atoms with Crippen LogP contribution in [0.2, 0.25) is 0 Å². The van der Waals surface area contributed by atoms with Gasteiger partial charge in [-0.3, -0.25) is 9.78 Å². The average Bonchev–Trinajstić information content (AvgIpc) is 3.72. The number of aromatic nitrogens is 6. The van der Waals surface area contributed by atoms with E-state index in [1.54, 1.807) is 33.7 Å². The van der Waals surface area contributed by atoms with Crippen LogP contribution in [-0.4, -0.2) is 89.1 Å². The van der Waals surface area contributed by atoms with E-state index in [4.69, 9.17) is 39.0 Å². The number of nitrogen functional groups attached to an aromatic ring is 2. The maximum Gasteiger partial charge on any atom is 0.261 e. The molecule has 3 fully saturated rings. The molecule has 10 atom stereocenters. The molecular formula is C22H26N8O9P2S2. The van der Waals surface area contributed by atoms with E-state index in [2.05, 4.69) is 44.4 Å². The van der Waals surface area contributed by atoms with Crippen LogP contribution >= 0.6 is 39.7 Å². The molecule has 0 aromatic carbocycles. The summed E-state index contributed by atoms with van der Waals surface area (Å²) in [5, 5.41) is 23.4. The molecule has 2 bridgehead atoms. The van der Waals surface area contributed by atoms with E-state index in [1.807, 2.05) is 0 Å². The van der Waals surface area contributed by atoms with Gasteiger partial charge >= 0.3 is 0 Å². The Bertz CT molecular complexity index is 1710. The fourth-order valence-electron chi connectivity index (χ4n) is 5.41. The van der Waals surface area contributed by atoms with Crippen LogP contribution in [0, 0.1) is 0 Å². The van der Waals surface area contributed by atoms with Gasteiger partial charge in [0.05, 0.1) is 24.0 Å². The van der Waals surface area contributed by atoms with Crippen LogP contribution in [0.25, 0.3) is 22.1 Å². The molecule has 3 aliphatic rings. The Morgan fingerprint density at radius 3 is 2.30 bits per heavy atom. The molecule has 43 heavy (non-hydrogen) atoms. The Labute approximate surface area is 254 Å². The number of aliphatic hydroxyl groups excluding tert-OH is 2. The van der Waals surface area contributed by atoms with Gasteiger partial charge in [-0.05, 0) is 12.1 Å². The zero-order valence-corrected chi connectivity index (χ0v) is 25.4. The predicted octanol–water partition coefficient (Wildman–Crippen LogP) is 0.981. The van der Waals surface area contributed by atoms with E-state index >= 15 is 0 Å². The summed E-state index contributed by atoms with van der Waals surface area (Å²) >= 11 is 8.96. The summed E-state index contributed by atoms with van der Waals surface area (Å²) in [6.45, 7) is -0.234. The topological polar surface area (TPSA) is 229 Å².